The number of rotatable bonds is 9. The first-order valence-corrected chi connectivity index (χ1v) is 9.90. The third-order valence-electron chi connectivity index (χ3n) is 5.29. The van der Waals surface area contributed by atoms with Gasteiger partial charge in [0.1, 0.15) is 5.82 Å². The van der Waals surface area contributed by atoms with Crippen LogP contribution >= 0.6 is 0 Å². The van der Waals surface area contributed by atoms with E-state index in [9.17, 15) is 4.39 Å². The average molecular weight is 359 g/mol. The van der Waals surface area contributed by atoms with Gasteiger partial charge in [0.15, 0.2) is 0 Å². The maximum absolute atomic E-state index is 13.0. The van der Waals surface area contributed by atoms with Gasteiger partial charge in [-0.2, -0.15) is 5.10 Å². The Bertz CT molecular complexity index is 646. The number of hydrogen-bond donors (Lipinski definition) is 2. The van der Waals surface area contributed by atoms with Gasteiger partial charge in [-0.3, -0.25) is 5.10 Å². The van der Waals surface area contributed by atoms with E-state index in [1.807, 2.05) is 0 Å². The third kappa shape index (κ3) is 5.92. The van der Waals surface area contributed by atoms with Gasteiger partial charge in [-0.1, -0.05) is 6.42 Å². The number of unbranched alkanes of at least 4 members (excludes halogenated alkanes) is 2. The molecule has 0 radical (unpaired) electrons. The highest BCUT2D eigenvalue weighted by Crippen LogP contribution is 2.19. The van der Waals surface area contributed by atoms with Crippen LogP contribution in [0.5, 0.6) is 0 Å². The van der Waals surface area contributed by atoms with Crippen molar-refractivity contribution >= 4 is 0 Å². The Morgan fingerprint density at radius 1 is 1.12 bits per heavy atom. The molecule has 2 N–H and O–H groups in total. The minimum Gasteiger partial charge on any atom is -0.317 e. The van der Waals surface area contributed by atoms with E-state index in [1.165, 1.54) is 70.4 Å². The fraction of sp³-hybridized carbons (Fsp3) is 0.571. The summed E-state index contributed by atoms with van der Waals surface area (Å²) in [5.74, 6) is 0.658. The van der Waals surface area contributed by atoms with Crippen molar-refractivity contribution in [1.82, 2.24) is 20.4 Å². The normalized spacial score (nSPS) is 15.7. The van der Waals surface area contributed by atoms with Crippen LogP contribution < -0.4 is 5.32 Å². The van der Waals surface area contributed by atoms with Crippen LogP contribution in [0.25, 0.3) is 11.3 Å². The first kappa shape index (κ1) is 19.1. The van der Waals surface area contributed by atoms with Crippen LogP contribution in [0.3, 0.4) is 0 Å². The van der Waals surface area contributed by atoms with Crippen molar-refractivity contribution in [2.24, 2.45) is 5.92 Å². The molecule has 1 aliphatic rings. The van der Waals surface area contributed by atoms with Crippen LogP contribution in [0.4, 0.5) is 4.39 Å². The first-order chi connectivity index (χ1) is 12.7. The molecular formula is C21H31FN4. The topological polar surface area (TPSA) is 44.0 Å². The molecule has 26 heavy (non-hydrogen) atoms. The third-order valence-corrected chi connectivity index (χ3v) is 5.29. The van der Waals surface area contributed by atoms with Crippen molar-refractivity contribution in [3.63, 3.8) is 0 Å². The molecule has 0 amide bonds. The van der Waals surface area contributed by atoms with Gasteiger partial charge in [-0.15, -0.1) is 0 Å². The molecule has 4 nitrogen and oxygen atoms in total. The number of nitrogens with one attached hydrogen (secondary N) is 2. The van der Waals surface area contributed by atoms with Gasteiger partial charge < -0.3 is 10.2 Å². The maximum atomic E-state index is 13.0. The molecule has 1 aromatic carbocycles. The van der Waals surface area contributed by atoms with Gasteiger partial charge in [0, 0.05) is 17.8 Å². The zero-order chi connectivity index (χ0) is 18.2. The van der Waals surface area contributed by atoms with E-state index < -0.39 is 0 Å². The van der Waals surface area contributed by atoms with Gasteiger partial charge in [0.2, 0.25) is 0 Å². The number of hydrogen-bond acceptors (Lipinski definition) is 3. The smallest absolute Gasteiger partial charge is 0.123 e. The zero-order valence-electron chi connectivity index (χ0n) is 15.8. The van der Waals surface area contributed by atoms with Crippen LogP contribution in [0.2, 0.25) is 0 Å². The van der Waals surface area contributed by atoms with Gasteiger partial charge >= 0.3 is 0 Å². The predicted molar refractivity (Wildman–Crippen MR) is 105 cm³/mol. The molecule has 0 aliphatic carbocycles. The molecule has 2 heterocycles. The second-order valence-electron chi connectivity index (χ2n) is 7.55. The number of piperidine rings is 1. The van der Waals surface area contributed by atoms with Crippen LogP contribution in [-0.2, 0) is 6.42 Å². The summed E-state index contributed by atoms with van der Waals surface area (Å²) in [5, 5.41) is 10.9. The van der Waals surface area contributed by atoms with Crippen molar-refractivity contribution in [2.45, 2.75) is 38.5 Å². The fourth-order valence-electron chi connectivity index (χ4n) is 3.73. The fourth-order valence-corrected chi connectivity index (χ4v) is 3.73. The SMILES string of the molecule is CN(CCCCCc1cc(-c2ccc(F)cc2)n[nH]1)CC1CCNCC1. The molecule has 142 valence electrons. The Balaban J connectivity index is 1.32. The molecular weight excluding hydrogens is 327 g/mol. The maximum Gasteiger partial charge on any atom is 0.123 e. The number of aryl methyl sites for hydroxylation is 1. The highest BCUT2D eigenvalue weighted by molar-refractivity contribution is 5.58. The summed E-state index contributed by atoms with van der Waals surface area (Å²) in [5.41, 5.74) is 3.00. The van der Waals surface area contributed by atoms with Crippen molar-refractivity contribution in [1.29, 1.82) is 0 Å². The highest BCUT2D eigenvalue weighted by atomic mass is 19.1. The Hall–Kier alpha value is -1.72. The van der Waals surface area contributed by atoms with Crippen LogP contribution in [0.1, 0.15) is 37.8 Å². The summed E-state index contributed by atoms with van der Waals surface area (Å²) in [6.07, 6.45) is 7.32. The van der Waals surface area contributed by atoms with E-state index in [0.717, 1.165) is 29.3 Å². The molecule has 0 unspecified atom stereocenters. The summed E-state index contributed by atoms with van der Waals surface area (Å²) in [6.45, 7) is 4.79. The van der Waals surface area contributed by atoms with E-state index in [4.69, 9.17) is 0 Å². The Labute approximate surface area is 156 Å². The second-order valence-corrected chi connectivity index (χ2v) is 7.55. The number of benzene rings is 1. The quantitative estimate of drug-likeness (QED) is 0.669. The van der Waals surface area contributed by atoms with Crippen molar-refractivity contribution < 1.29 is 4.39 Å². The van der Waals surface area contributed by atoms with E-state index in [2.05, 4.69) is 33.5 Å². The summed E-state index contributed by atoms with van der Waals surface area (Å²) >= 11 is 0. The van der Waals surface area contributed by atoms with Gasteiger partial charge in [0.05, 0.1) is 5.69 Å². The van der Waals surface area contributed by atoms with Crippen LogP contribution in [-0.4, -0.2) is 48.3 Å². The lowest BCUT2D eigenvalue weighted by Crippen LogP contribution is -2.34. The standard InChI is InChI=1S/C21H31FN4/c1-26(16-17-10-12-23-13-11-17)14-4-2-3-5-20-15-21(25-24-20)18-6-8-19(22)9-7-18/h6-9,15,17,23H,2-5,10-14,16H2,1H3,(H,24,25). The summed E-state index contributed by atoms with van der Waals surface area (Å²) in [7, 11) is 2.26. The monoisotopic (exact) mass is 358 g/mol. The van der Waals surface area contributed by atoms with Crippen LogP contribution in [0, 0.1) is 11.7 Å². The minimum absolute atomic E-state index is 0.213. The molecule has 3 rings (SSSR count). The van der Waals surface area contributed by atoms with E-state index in [1.54, 1.807) is 12.1 Å². The zero-order valence-corrected chi connectivity index (χ0v) is 15.8. The molecule has 1 saturated heterocycles. The second kappa shape index (κ2) is 9.83. The molecule has 1 aromatic heterocycles. The number of H-pyrrole nitrogens is 1. The van der Waals surface area contributed by atoms with Gasteiger partial charge in [0.25, 0.3) is 0 Å². The lowest BCUT2D eigenvalue weighted by Gasteiger charge is -2.27. The summed E-state index contributed by atoms with van der Waals surface area (Å²) in [6, 6.07) is 8.57. The minimum atomic E-state index is -0.213. The van der Waals surface area contributed by atoms with E-state index >= 15 is 0 Å². The molecule has 5 heteroatoms. The number of aromatic nitrogens is 2. The first-order valence-electron chi connectivity index (χ1n) is 9.90. The van der Waals surface area contributed by atoms with Gasteiger partial charge in [-0.05, 0) is 95.0 Å². The molecule has 0 saturated carbocycles. The van der Waals surface area contributed by atoms with Crippen LogP contribution in [0.15, 0.2) is 30.3 Å². The number of aromatic amines is 1. The van der Waals surface area contributed by atoms with Gasteiger partial charge in [-0.25, -0.2) is 4.39 Å². The summed E-state index contributed by atoms with van der Waals surface area (Å²) in [4.78, 5) is 2.50. The van der Waals surface area contributed by atoms with E-state index in [-0.39, 0.29) is 5.82 Å². The Morgan fingerprint density at radius 2 is 1.88 bits per heavy atom. The van der Waals surface area contributed by atoms with Crippen molar-refractivity contribution in [3.05, 3.63) is 41.8 Å². The average Bonchev–Trinajstić information content (AvgIpc) is 3.12. The Kier molecular flexibility index (Phi) is 7.21. The lowest BCUT2D eigenvalue weighted by atomic mass is 9.97. The number of nitrogens with zero attached hydrogens (tertiary/aromatic N) is 2. The lowest BCUT2D eigenvalue weighted by molar-refractivity contribution is 0.236. The molecule has 1 fully saturated rings. The molecule has 0 atom stereocenters. The predicted octanol–water partition coefficient (Wildman–Crippen LogP) is 3.86. The largest absolute Gasteiger partial charge is 0.317 e. The summed E-state index contributed by atoms with van der Waals surface area (Å²) < 4.78 is 13.0. The molecule has 2 aromatic rings. The molecule has 0 bridgehead atoms. The highest BCUT2D eigenvalue weighted by Gasteiger charge is 2.14. The molecule has 1 aliphatic heterocycles. The van der Waals surface area contributed by atoms with Crippen molar-refractivity contribution in [2.75, 3.05) is 33.2 Å². The van der Waals surface area contributed by atoms with Crippen molar-refractivity contribution in [3.8, 4) is 11.3 Å². The number of halogens is 1. The Morgan fingerprint density at radius 3 is 2.65 bits per heavy atom. The van der Waals surface area contributed by atoms with E-state index in [0.29, 0.717) is 0 Å². The molecule has 0 spiro atoms.